The van der Waals surface area contributed by atoms with Gasteiger partial charge in [-0.3, -0.25) is 9.69 Å². The zero-order valence-electron chi connectivity index (χ0n) is 15.9. The Labute approximate surface area is 165 Å². The van der Waals surface area contributed by atoms with Crippen molar-refractivity contribution in [3.05, 3.63) is 46.7 Å². The number of hydrogen-bond acceptors (Lipinski definition) is 5. The SMILES string of the molecule is COc1ccc(OCC(=O)NC[C@@H](c2ccsc2)N2CCCCCC2)cc1. The van der Waals surface area contributed by atoms with Crippen molar-refractivity contribution < 1.29 is 14.3 Å². The van der Waals surface area contributed by atoms with Crippen molar-refractivity contribution in [1.82, 2.24) is 10.2 Å². The van der Waals surface area contributed by atoms with Crippen LogP contribution in [0.4, 0.5) is 0 Å². The highest BCUT2D eigenvalue weighted by Gasteiger charge is 2.22. The van der Waals surface area contributed by atoms with Crippen LogP contribution in [0.25, 0.3) is 0 Å². The van der Waals surface area contributed by atoms with E-state index in [-0.39, 0.29) is 18.6 Å². The Balaban J connectivity index is 1.52. The van der Waals surface area contributed by atoms with Gasteiger partial charge in [0, 0.05) is 6.54 Å². The molecule has 6 heteroatoms. The maximum atomic E-state index is 12.3. The lowest BCUT2D eigenvalue weighted by molar-refractivity contribution is -0.123. The van der Waals surface area contributed by atoms with Crippen LogP contribution in [0, 0.1) is 0 Å². The van der Waals surface area contributed by atoms with Crippen LogP contribution in [0.2, 0.25) is 0 Å². The van der Waals surface area contributed by atoms with Gasteiger partial charge < -0.3 is 14.8 Å². The van der Waals surface area contributed by atoms with Crippen LogP contribution >= 0.6 is 11.3 Å². The summed E-state index contributed by atoms with van der Waals surface area (Å²) >= 11 is 1.71. The normalized spacial score (nSPS) is 16.3. The molecule has 0 aliphatic carbocycles. The molecule has 1 aliphatic rings. The van der Waals surface area contributed by atoms with Gasteiger partial charge in [0.25, 0.3) is 5.91 Å². The van der Waals surface area contributed by atoms with Crippen LogP contribution in [0.1, 0.15) is 37.3 Å². The van der Waals surface area contributed by atoms with Crippen molar-refractivity contribution >= 4 is 17.2 Å². The first-order chi connectivity index (χ1) is 13.3. The summed E-state index contributed by atoms with van der Waals surface area (Å²) in [4.78, 5) is 14.8. The Morgan fingerprint density at radius 1 is 1.11 bits per heavy atom. The number of likely N-dealkylation sites (tertiary alicyclic amines) is 1. The Morgan fingerprint density at radius 3 is 2.44 bits per heavy atom. The number of nitrogens with one attached hydrogen (secondary N) is 1. The zero-order chi connectivity index (χ0) is 18.9. The van der Waals surface area contributed by atoms with Crippen molar-refractivity contribution in [2.75, 3.05) is 33.4 Å². The minimum atomic E-state index is -0.0964. The van der Waals surface area contributed by atoms with E-state index in [0.717, 1.165) is 18.8 Å². The number of amides is 1. The average molecular weight is 389 g/mol. The van der Waals surface area contributed by atoms with E-state index in [2.05, 4.69) is 27.0 Å². The first kappa shape index (κ1) is 19.7. The highest BCUT2D eigenvalue weighted by molar-refractivity contribution is 7.07. The molecule has 0 spiro atoms. The van der Waals surface area contributed by atoms with Crippen molar-refractivity contribution in [2.24, 2.45) is 0 Å². The first-order valence-electron chi connectivity index (χ1n) is 9.56. The fraction of sp³-hybridized carbons (Fsp3) is 0.476. The van der Waals surface area contributed by atoms with Gasteiger partial charge in [-0.2, -0.15) is 11.3 Å². The fourth-order valence-corrected chi connectivity index (χ4v) is 4.12. The molecule has 1 aromatic heterocycles. The molecule has 1 aromatic carbocycles. The van der Waals surface area contributed by atoms with Crippen LogP contribution in [0.3, 0.4) is 0 Å². The summed E-state index contributed by atoms with van der Waals surface area (Å²) in [7, 11) is 1.62. The van der Waals surface area contributed by atoms with Gasteiger partial charge in [-0.1, -0.05) is 12.8 Å². The summed E-state index contributed by atoms with van der Waals surface area (Å²) in [5, 5.41) is 7.35. The molecule has 1 aliphatic heterocycles. The molecule has 5 nitrogen and oxygen atoms in total. The maximum absolute atomic E-state index is 12.3. The number of benzene rings is 1. The molecule has 1 saturated heterocycles. The average Bonchev–Trinajstić information content (AvgIpc) is 3.10. The molecule has 0 saturated carbocycles. The van der Waals surface area contributed by atoms with Gasteiger partial charge in [0.15, 0.2) is 6.61 Å². The summed E-state index contributed by atoms with van der Waals surface area (Å²) in [6.07, 6.45) is 5.06. The number of methoxy groups -OCH3 is 1. The van der Waals surface area contributed by atoms with Gasteiger partial charge in [-0.25, -0.2) is 0 Å². The van der Waals surface area contributed by atoms with Gasteiger partial charge in [0.2, 0.25) is 0 Å². The Hall–Kier alpha value is -2.05. The molecule has 2 heterocycles. The van der Waals surface area contributed by atoms with E-state index in [1.807, 2.05) is 12.1 Å². The lowest BCUT2D eigenvalue weighted by atomic mass is 10.1. The molecule has 1 atom stereocenters. The topological polar surface area (TPSA) is 50.8 Å². The smallest absolute Gasteiger partial charge is 0.258 e. The predicted molar refractivity (Wildman–Crippen MR) is 109 cm³/mol. The van der Waals surface area contributed by atoms with Crippen molar-refractivity contribution in [1.29, 1.82) is 0 Å². The van der Waals surface area contributed by atoms with Crippen LogP contribution in [0.5, 0.6) is 11.5 Å². The maximum Gasteiger partial charge on any atom is 0.258 e. The minimum Gasteiger partial charge on any atom is -0.497 e. The monoisotopic (exact) mass is 388 g/mol. The van der Waals surface area contributed by atoms with Crippen molar-refractivity contribution in [3.8, 4) is 11.5 Å². The van der Waals surface area contributed by atoms with Crippen LogP contribution in [0.15, 0.2) is 41.1 Å². The van der Waals surface area contributed by atoms with Crippen LogP contribution < -0.4 is 14.8 Å². The summed E-state index contributed by atoms with van der Waals surface area (Å²) in [6, 6.07) is 9.65. The number of carbonyl (C=O) groups excluding carboxylic acids is 1. The highest BCUT2D eigenvalue weighted by atomic mass is 32.1. The molecule has 0 bridgehead atoms. The summed E-state index contributed by atoms with van der Waals surface area (Å²) in [5.41, 5.74) is 1.29. The zero-order valence-corrected chi connectivity index (χ0v) is 16.7. The van der Waals surface area contributed by atoms with E-state index in [4.69, 9.17) is 9.47 Å². The molecular weight excluding hydrogens is 360 g/mol. The van der Waals surface area contributed by atoms with Crippen molar-refractivity contribution in [2.45, 2.75) is 31.7 Å². The van der Waals surface area contributed by atoms with Crippen LogP contribution in [-0.4, -0.2) is 44.2 Å². The second kappa shape index (κ2) is 10.3. The number of rotatable bonds is 8. The van der Waals surface area contributed by atoms with E-state index in [1.165, 1.54) is 31.2 Å². The van der Waals surface area contributed by atoms with E-state index in [1.54, 1.807) is 30.6 Å². The third kappa shape index (κ3) is 5.97. The quantitative estimate of drug-likeness (QED) is 0.746. The molecule has 27 heavy (non-hydrogen) atoms. The number of carbonyl (C=O) groups is 1. The van der Waals surface area contributed by atoms with Gasteiger partial charge in [0.05, 0.1) is 13.2 Å². The highest BCUT2D eigenvalue weighted by Crippen LogP contribution is 2.25. The molecule has 0 radical (unpaired) electrons. The second-order valence-electron chi connectivity index (χ2n) is 6.79. The number of hydrogen-bond donors (Lipinski definition) is 1. The lowest BCUT2D eigenvalue weighted by Crippen LogP contribution is -2.40. The van der Waals surface area contributed by atoms with Gasteiger partial charge in [0.1, 0.15) is 11.5 Å². The predicted octanol–water partition coefficient (Wildman–Crippen LogP) is 3.87. The molecule has 2 aromatic rings. The van der Waals surface area contributed by atoms with Crippen molar-refractivity contribution in [3.63, 3.8) is 0 Å². The standard InChI is InChI=1S/C21H28N2O3S/c1-25-18-6-8-19(9-7-18)26-15-21(24)22-14-20(17-10-13-27-16-17)23-11-4-2-3-5-12-23/h6-10,13,16,20H,2-5,11-12,14-15H2,1H3,(H,22,24)/t20-/m0/s1. The summed E-state index contributed by atoms with van der Waals surface area (Å²) in [5.74, 6) is 1.33. The molecule has 1 fully saturated rings. The minimum absolute atomic E-state index is 0.0166. The molecule has 1 amide bonds. The summed E-state index contributed by atoms with van der Waals surface area (Å²) in [6.45, 7) is 2.82. The largest absolute Gasteiger partial charge is 0.497 e. The van der Waals surface area contributed by atoms with E-state index < -0.39 is 0 Å². The number of ether oxygens (including phenoxy) is 2. The summed E-state index contributed by atoms with van der Waals surface area (Å²) < 4.78 is 10.7. The van der Waals surface area contributed by atoms with Gasteiger partial charge >= 0.3 is 0 Å². The Kier molecular flexibility index (Phi) is 7.54. The lowest BCUT2D eigenvalue weighted by Gasteiger charge is -2.30. The number of nitrogens with zero attached hydrogens (tertiary/aromatic N) is 1. The van der Waals surface area contributed by atoms with E-state index in [9.17, 15) is 4.79 Å². The fourth-order valence-electron chi connectivity index (χ4n) is 3.41. The Morgan fingerprint density at radius 2 is 1.81 bits per heavy atom. The second-order valence-corrected chi connectivity index (χ2v) is 7.57. The molecule has 0 unspecified atom stereocenters. The van der Waals surface area contributed by atoms with Gasteiger partial charge in [-0.05, 0) is 72.6 Å². The Bertz CT molecular complexity index is 680. The molecule has 3 rings (SSSR count). The third-order valence-electron chi connectivity index (χ3n) is 4.93. The van der Waals surface area contributed by atoms with E-state index in [0.29, 0.717) is 12.3 Å². The first-order valence-corrected chi connectivity index (χ1v) is 10.5. The third-order valence-corrected chi connectivity index (χ3v) is 5.63. The number of thiophene rings is 1. The molecule has 1 N–H and O–H groups in total. The van der Waals surface area contributed by atoms with E-state index >= 15 is 0 Å². The molecule has 146 valence electrons. The molecular formula is C21H28N2O3S. The van der Waals surface area contributed by atoms with Gasteiger partial charge in [-0.15, -0.1) is 0 Å². The van der Waals surface area contributed by atoms with Crippen LogP contribution in [-0.2, 0) is 4.79 Å².